The summed E-state index contributed by atoms with van der Waals surface area (Å²) < 4.78 is 10.4. The zero-order valence-electron chi connectivity index (χ0n) is 17.5. The summed E-state index contributed by atoms with van der Waals surface area (Å²) in [6.07, 6.45) is 1.53. The van der Waals surface area contributed by atoms with E-state index in [0.717, 1.165) is 5.56 Å². The van der Waals surface area contributed by atoms with Gasteiger partial charge in [0.25, 0.3) is 5.91 Å². The second-order valence-corrected chi connectivity index (χ2v) is 7.48. The minimum Gasteiger partial charge on any atom is -0.497 e. The zero-order valence-corrected chi connectivity index (χ0v) is 17.5. The van der Waals surface area contributed by atoms with Crippen molar-refractivity contribution in [1.29, 1.82) is 0 Å². The first-order valence-electron chi connectivity index (χ1n) is 9.93. The molecule has 2 aromatic rings. The smallest absolute Gasteiger partial charge is 0.322 e. The van der Waals surface area contributed by atoms with Gasteiger partial charge in [0.05, 0.1) is 43.8 Å². The van der Waals surface area contributed by atoms with Gasteiger partial charge in [-0.05, 0) is 36.8 Å². The van der Waals surface area contributed by atoms with Gasteiger partial charge in [-0.15, -0.1) is 0 Å². The van der Waals surface area contributed by atoms with Crippen LogP contribution in [-0.2, 0) is 16.1 Å². The molecule has 2 aliphatic heterocycles. The highest BCUT2D eigenvalue weighted by atomic mass is 16.5. The van der Waals surface area contributed by atoms with Crippen LogP contribution in [0.4, 0.5) is 4.79 Å². The third-order valence-electron chi connectivity index (χ3n) is 5.70. The van der Waals surface area contributed by atoms with E-state index in [1.165, 1.54) is 16.1 Å². The molecule has 0 fully saturated rings. The predicted molar refractivity (Wildman–Crippen MR) is 111 cm³/mol. The minimum absolute atomic E-state index is 0.181. The van der Waals surface area contributed by atoms with Crippen LogP contribution in [0.2, 0.25) is 0 Å². The van der Waals surface area contributed by atoms with Gasteiger partial charge in [-0.3, -0.25) is 14.5 Å². The van der Waals surface area contributed by atoms with Gasteiger partial charge < -0.3 is 24.7 Å². The molecule has 4 rings (SSSR count). The van der Waals surface area contributed by atoms with Gasteiger partial charge in [0.15, 0.2) is 0 Å². The van der Waals surface area contributed by atoms with Crippen LogP contribution in [0.5, 0.6) is 5.75 Å². The highest BCUT2D eigenvalue weighted by Crippen LogP contribution is 2.36. The normalized spacial score (nSPS) is 19.3. The largest absolute Gasteiger partial charge is 0.497 e. The maximum atomic E-state index is 13.3. The number of amides is 4. The molecule has 31 heavy (non-hydrogen) atoms. The van der Waals surface area contributed by atoms with Crippen molar-refractivity contribution in [2.75, 3.05) is 20.7 Å². The van der Waals surface area contributed by atoms with E-state index in [2.05, 4.69) is 10.6 Å². The molecule has 0 aliphatic carbocycles. The second-order valence-electron chi connectivity index (χ2n) is 7.48. The van der Waals surface area contributed by atoms with Crippen molar-refractivity contribution in [2.24, 2.45) is 0 Å². The van der Waals surface area contributed by atoms with Crippen molar-refractivity contribution < 1.29 is 23.5 Å². The van der Waals surface area contributed by atoms with Gasteiger partial charge in [-0.1, -0.05) is 12.1 Å². The topological polar surface area (TPSA) is 104 Å². The first-order chi connectivity index (χ1) is 14.9. The van der Waals surface area contributed by atoms with Crippen LogP contribution in [0, 0.1) is 0 Å². The van der Waals surface area contributed by atoms with E-state index in [1.54, 1.807) is 45.3 Å². The van der Waals surface area contributed by atoms with Gasteiger partial charge in [0.2, 0.25) is 5.91 Å². The van der Waals surface area contributed by atoms with Gasteiger partial charge in [0.1, 0.15) is 17.6 Å². The molecule has 3 heterocycles. The summed E-state index contributed by atoms with van der Waals surface area (Å²) in [6, 6.07) is 9.08. The summed E-state index contributed by atoms with van der Waals surface area (Å²) in [5, 5.41) is 5.67. The van der Waals surface area contributed by atoms with E-state index < -0.39 is 12.1 Å². The van der Waals surface area contributed by atoms with E-state index in [1.807, 2.05) is 12.1 Å². The molecule has 9 heteroatoms. The maximum Gasteiger partial charge on any atom is 0.322 e. The third-order valence-corrected chi connectivity index (χ3v) is 5.70. The zero-order chi connectivity index (χ0) is 22.1. The number of nitrogens with one attached hydrogen (secondary N) is 2. The lowest BCUT2D eigenvalue weighted by Crippen LogP contribution is -2.46. The Kier molecular flexibility index (Phi) is 5.41. The van der Waals surface area contributed by atoms with Gasteiger partial charge in [0, 0.05) is 7.05 Å². The number of hydrogen-bond acceptors (Lipinski definition) is 5. The van der Waals surface area contributed by atoms with Crippen LogP contribution in [0.25, 0.3) is 0 Å². The number of likely N-dealkylation sites (N-methyl/N-ethyl adjacent to an activating group) is 1. The number of urea groups is 1. The average Bonchev–Trinajstić information content (AvgIpc) is 3.42. The number of nitrogens with zero attached hydrogens (tertiary/aromatic N) is 2. The molecule has 4 amide bonds. The summed E-state index contributed by atoms with van der Waals surface area (Å²) in [5.74, 6) is 0.731. The van der Waals surface area contributed by atoms with Crippen LogP contribution in [0.1, 0.15) is 24.3 Å². The molecule has 0 radical (unpaired) electrons. The molecule has 0 saturated carbocycles. The number of furan rings is 1. The fraction of sp³-hybridized carbons (Fsp3) is 0.318. The Balaban J connectivity index is 1.55. The van der Waals surface area contributed by atoms with E-state index in [-0.39, 0.29) is 30.9 Å². The average molecular weight is 424 g/mol. The van der Waals surface area contributed by atoms with Crippen molar-refractivity contribution >= 4 is 17.8 Å². The van der Waals surface area contributed by atoms with Crippen LogP contribution >= 0.6 is 0 Å². The molecule has 0 bridgehead atoms. The Bertz CT molecular complexity index is 1030. The first kappa shape index (κ1) is 20.5. The maximum absolute atomic E-state index is 13.3. The Hall–Kier alpha value is -3.75. The van der Waals surface area contributed by atoms with Crippen LogP contribution < -0.4 is 15.4 Å². The monoisotopic (exact) mass is 424 g/mol. The summed E-state index contributed by atoms with van der Waals surface area (Å²) in [6.45, 7) is 2.09. The lowest BCUT2D eigenvalue weighted by molar-refractivity contribution is -0.135. The molecule has 0 saturated heterocycles. The minimum atomic E-state index is -0.715. The molecule has 0 spiro atoms. The third kappa shape index (κ3) is 3.74. The SMILES string of the molecule is COc1ccc([C@@H]2NC(=O)N(C)C3=C2C(=O)N([C@@H](C)C(=O)NCc2ccco2)C3)cc1. The molecule has 2 aliphatic rings. The van der Waals surface area contributed by atoms with Crippen molar-refractivity contribution in [1.82, 2.24) is 20.4 Å². The number of hydrogen-bond donors (Lipinski definition) is 2. The lowest BCUT2D eigenvalue weighted by Gasteiger charge is -2.31. The van der Waals surface area contributed by atoms with E-state index in [4.69, 9.17) is 9.15 Å². The molecule has 2 N–H and O–H groups in total. The molecular formula is C22H24N4O5. The predicted octanol–water partition coefficient (Wildman–Crippen LogP) is 1.79. The van der Waals surface area contributed by atoms with Crippen LogP contribution in [0.3, 0.4) is 0 Å². The summed E-state index contributed by atoms with van der Waals surface area (Å²) in [7, 11) is 3.19. The van der Waals surface area contributed by atoms with Crippen LogP contribution in [0.15, 0.2) is 58.3 Å². The van der Waals surface area contributed by atoms with Crippen molar-refractivity contribution in [2.45, 2.75) is 25.6 Å². The van der Waals surface area contributed by atoms with E-state index in [9.17, 15) is 14.4 Å². The summed E-state index contributed by atoms with van der Waals surface area (Å²) >= 11 is 0. The summed E-state index contributed by atoms with van der Waals surface area (Å²) in [4.78, 5) is 41.5. The van der Waals surface area contributed by atoms with Crippen LogP contribution in [-0.4, -0.2) is 54.4 Å². The lowest BCUT2D eigenvalue weighted by atomic mass is 9.95. The second kappa shape index (κ2) is 8.17. The standard InChI is InChI=1S/C22H24N4O5/c1-13(20(27)23-11-16-5-4-10-31-16)26-12-17-18(21(26)28)19(24-22(29)25(17)2)14-6-8-15(30-3)9-7-14/h4-10,13,19H,11-12H2,1-3H3,(H,23,27)(H,24,29)/t13-,19-/m0/s1. The molecule has 162 valence electrons. The quantitative estimate of drug-likeness (QED) is 0.736. The Morgan fingerprint density at radius 2 is 2.03 bits per heavy atom. The number of methoxy groups -OCH3 is 1. The molecule has 1 aromatic carbocycles. The van der Waals surface area contributed by atoms with E-state index in [0.29, 0.717) is 22.8 Å². The Morgan fingerprint density at radius 1 is 1.29 bits per heavy atom. The number of benzene rings is 1. The number of carbonyl (C=O) groups is 3. The Labute approximate surface area is 179 Å². The fourth-order valence-corrected chi connectivity index (χ4v) is 3.82. The van der Waals surface area contributed by atoms with Crippen molar-refractivity contribution in [3.63, 3.8) is 0 Å². The summed E-state index contributed by atoms with van der Waals surface area (Å²) in [5.41, 5.74) is 1.83. The van der Waals surface area contributed by atoms with Gasteiger partial charge in [-0.25, -0.2) is 4.79 Å². The molecule has 1 aromatic heterocycles. The Morgan fingerprint density at radius 3 is 2.68 bits per heavy atom. The highest BCUT2D eigenvalue weighted by molar-refractivity contribution is 6.03. The molecule has 0 unspecified atom stereocenters. The highest BCUT2D eigenvalue weighted by Gasteiger charge is 2.45. The number of rotatable bonds is 6. The number of carbonyl (C=O) groups excluding carboxylic acids is 3. The molecule has 9 nitrogen and oxygen atoms in total. The van der Waals surface area contributed by atoms with Gasteiger partial charge in [-0.2, -0.15) is 0 Å². The molecule has 2 atom stereocenters. The number of ether oxygens (including phenoxy) is 1. The van der Waals surface area contributed by atoms with Crippen molar-refractivity contribution in [3.05, 3.63) is 65.3 Å². The fourth-order valence-electron chi connectivity index (χ4n) is 3.82. The van der Waals surface area contributed by atoms with E-state index >= 15 is 0 Å². The molecular weight excluding hydrogens is 400 g/mol. The van der Waals surface area contributed by atoms with Gasteiger partial charge >= 0.3 is 6.03 Å². The first-order valence-corrected chi connectivity index (χ1v) is 9.93. The van der Waals surface area contributed by atoms with Crippen molar-refractivity contribution in [3.8, 4) is 5.75 Å².